The molecule has 0 bridgehead atoms. The Morgan fingerprint density at radius 2 is 1.88 bits per heavy atom. The third-order valence-electron chi connectivity index (χ3n) is 5.01. The first-order valence-corrected chi connectivity index (χ1v) is 11.2. The Kier molecular flexibility index (Phi) is 8.77. The van der Waals surface area contributed by atoms with Gasteiger partial charge in [0.1, 0.15) is 18.4 Å². The van der Waals surface area contributed by atoms with Crippen LogP contribution in [0.2, 0.25) is 0 Å². The van der Waals surface area contributed by atoms with Crippen LogP contribution in [0.1, 0.15) is 35.7 Å². The van der Waals surface area contributed by atoms with Crippen LogP contribution in [0.4, 0.5) is 0 Å². The van der Waals surface area contributed by atoms with E-state index in [1.165, 1.54) is 0 Å². The number of piperazine rings is 1. The van der Waals surface area contributed by atoms with Gasteiger partial charge in [0.25, 0.3) is 5.91 Å². The van der Waals surface area contributed by atoms with Crippen LogP contribution in [0.5, 0.6) is 5.75 Å². The number of nitrogens with zero attached hydrogens (tertiary/aromatic N) is 1. The van der Waals surface area contributed by atoms with E-state index in [2.05, 4.69) is 10.6 Å². The lowest BCUT2D eigenvalue weighted by atomic mass is 10.1. The van der Waals surface area contributed by atoms with E-state index in [1.54, 1.807) is 29.2 Å². The molecule has 1 atom stereocenters. The maximum Gasteiger partial charge on any atom is 0.308 e. The summed E-state index contributed by atoms with van der Waals surface area (Å²) in [6.07, 6.45) is 0.615. The molecule has 1 aliphatic rings. The molecule has 1 aliphatic heterocycles. The fourth-order valence-corrected chi connectivity index (χ4v) is 3.66. The number of amides is 2. The van der Waals surface area contributed by atoms with Gasteiger partial charge in [0.15, 0.2) is 5.11 Å². The Morgan fingerprint density at radius 3 is 2.64 bits per heavy atom. The Morgan fingerprint density at radius 1 is 1.15 bits per heavy atom. The summed E-state index contributed by atoms with van der Waals surface area (Å²) in [6.45, 7) is 3.28. The largest absolute Gasteiger partial charge is 0.493 e. The predicted molar refractivity (Wildman–Crippen MR) is 127 cm³/mol. The first-order valence-electron chi connectivity index (χ1n) is 10.8. The molecule has 33 heavy (non-hydrogen) atoms. The van der Waals surface area contributed by atoms with Crippen molar-refractivity contribution in [1.29, 1.82) is 0 Å². The molecule has 0 radical (unpaired) electrons. The summed E-state index contributed by atoms with van der Waals surface area (Å²) < 4.78 is 11.0. The average Bonchev–Trinajstić information content (AvgIpc) is 2.83. The third kappa shape index (κ3) is 6.76. The van der Waals surface area contributed by atoms with Crippen molar-refractivity contribution in [3.63, 3.8) is 0 Å². The standard InChI is InChI=1S/C24H27N3O5S/c1-2-14-31-20-11-7-6-10-18(20)22(29)26-24(33)27-13-12-25-23(30)19(27)15-21(28)32-16-17-8-4-3-5-9-17/h3-11,19H,2,12-16H2,1H3,(H,25,30)(H,26,29,33). The lowest BCUT2D eigenvalue weighted by molar-refractivity contribution is -0.148. The number of benzene rings is 2. The van der Waals surface area contributed by atoms with Crippen molar-refractivity contribution >= 4 is 35.1 Å². The van der Waals surface area contributed by atoms with Crippen LogP contribution in [-0.4, -0.2) is 53.5 Å². The smallest absolute Gasteiger partial charge is 0.308 e. The molecule has 0 aromatic heterocycles. The minimum atomic E-state index is -0.874. The van der Waals surface area contributed by atoms with Gasteiger partial charge in [-0.05, 0) is 36.3 Å². The highest BCUT2D eigenvalue weighted by Gasteiger charge is 2.34. The Hall–Kier alpha value is -3.46. The Labute approximate surface area is 198 Å². The molecule has 8 nitrogen and oxygen atoms in total. The lowest BCUT2D eigenvalue weighted by Crippen LogP contribution is -2.60. The van der Waals surface area contributed by atoms with Gasteiger partial charge < -0.3 is 19.7 Å². The molecular weight excluding hydrogens is 442 g/mol. The SMILES string of the molecule is CCCOc1ccccc1C(=O)NC(=S)N1CCNC(=O)C1CC(=O)OCc1ccccc1. The second kappa shape index (κ2) is 12.0. The summed E-state index contributed by atoms with van der Waals surface area (Å²) >= 11 is 5.43. The number of esters is 1. The van der Waals surface area contributed by atoms with E-state index in [0.29, 0.717) is 31.0 Å². The van der Waals surface area contributed by atoms with E-state index in [4.69, 9.17) is 21.7 Å². The second-order valence-electron chi connectivity index (χ2n) is 7.45. The molecule has 3 rings (SSSR count). The summed E-state index contributed by atoms with van der Waals surface area (Å²) in [7, 11) is 0. The maximum atomic E-state index is 12.9. The minimum Gasteiger partial charge on any atom is -0.493 e. The first-order chi connectivity index (χ1) is 16.0. The van der Waals surface area contributed by atoms with Gasteiger partial charge in [-0.1, -0.05) is 49.4 Å². The molecule has 9 heteroatoms. The Bertz CT molecular complexity index is 999. The minimum absolute atomic E-state index is 0.0704. The fourth-order valence-electron chi connectivity index (χ4n) is 3.34. The number of ether oxygens (including phenoxy) is 2. The molecule has 0 aliphatic carbocycles. The zero-order valence-corrected chi connectivity index (χ0v) is 19.2. The number of hydrogen-bond donors (Lipinski definition) is 2. The molecule has 1 heterocycles. The molecule has 2 amide bonds. The van der Waals surface area contributed by atoms with Crippen LogP contribution >= 0.6 is 12.2 Å². The zero-order chi connectivity index (χ0) is 23.6. The molecule has 0 saturated carbocycles. The van der Waals surface area contributed by atoms with Crippen LogP contribution in [-0.2, 0) is 20.9 Å². The third-order valence-corrected chi connectivity index (χ3v) is 5.34. The van der Waals surface area contributed by atoms with Gasteiger partial charge in [-0.2, -0.15) is 0 Å². The summed E-state index contributed by atoms with van der Waals surface area (Å²) in [6, 6.07) is 15.3. The summed E-state index contributed by atoms with van der Waals surface area (Å²) in [5.74, 6) is -0.861. The molecule has 1 unspecified atom stereocenters. The van der Waals surface area contributed by atoms with E-state index in [1.807, 2.05) is 37.3 Å². The molecule has 2 aromatic carbocycles. The van der Waals surface area contributed by atoms with E-state index in [9.17, 15) is 14.4 Å². The van der Waals surface area contributed by atoms with Crippen LogP contribution in [0.25, 0.3) is 0 Å². The maximum absolute atomic E-state index is 12.9. The number of thiocarbonyl (C=S) groups is 1. The van der Waals surface area contributed by atoms with Gasteiger partial charge in [0.2, 0.25) is 5.91 Å². The topological polar surface area (TPSA) is 97.0 Å². The first kappa shape index (κ1) is 24.2. The molecule has 0 spiro atoms. The number of hydrogen-bond acceptors (Lipinski definition) is 6. The fraction of sp³-hybridized carbons (Fsp3) is 0.333. The average molecular weight is 470 g/mol. The quantitative estimate of drug-likeness (QED) is 0.453. The van der Waals surface area contributed by atoms with Crippen molar-refractivity contribution in [2.45, 2.75) is 32.4 Å². The second-order valence-corrected chi connectivity index (χ2v) is 7.84. The van der Waals surface area contributed by atoms with E-state index in [-0.39, 0.29) is 24.0 Å². The summed E-state index contributed by atoms with van der Waals surface area (Å²) in [4.78, 5) is 39.3. The van der Waals surface area contributed by atoms with Gasteiger partial charge >= 0.3 is 5.97 Å². The van der Waals surface area contributed by atoms with Gasteiger partial charge in [-0.3, -0.25) is 19.7 Å². The predicted octanol–water partition coefficient (Wildman–Crippen LogP) is 2.42. The number of carbonyl (C=O) groups is 3. The normalized spacial score (nSPS) is 15.4. The summed E-state index contributed by atoms with van der Waals surface area (Å²) in [5.41, 5.74) is 1.19. The highest BCUT2D eigenvalue weighted by molar-refractivity contribution is 7.80. The molecular formula is C24H27N3O5S. The van der Waals surface area contributed by atoms with E-state index >= 15 is 0 Å². The van der Waals surface area contributed by atoms with Crippen molar-refractivity contribution < 1.29 is 23.9 Å². The summed E-state index contributed by atoms with van der Waals surface area (Å²) in [5, 5.41) is 5.47. The van der Waals surface area contributed by atoms with Crippen LogP contribution in [0, 0.1) is 0 Å². The zero-order valence-electron chi connectivity index (χ0n) is 18.4. The number of rotatable bonds is 8. The van der Waals surface area contributed by atoms with Crippen LogP contribution in [0.15, 0.2) is 54.6 Å². The number of carbonyl (C=O) groups excluding carboxylic acids is 3. The van der Waals surface area contributed by atoms with Gasteiger partial charge in [-0.15, -0.1) is 0 Å². The molecule has 174 valence electrons. The lowest BCUT2D eigenvalue weighted by Gasteiger charge is -2.36. The van der Waals surface area contributed by atoms with Crippen molar-refractivity contribution in [1.82, 2.24) is 15.5 Å². The van der Waals surface area contributed by atoms with Gasteiger partial charge in [0, 0.05) is 13.1 Å². The van der Waals surface area contributed by atoms with Gasteiger partial charge in [0.05, 0.1) is 18.6 Å². The highest BCUT2D eigenvalue weighted by atomic mass is 32.1. The number of para-hydroxylation sites is 1. The van der Waals surface area contributed by atoms with Crippen LogP contribution < -0.4 is 15.4 Å². The molecule has 1 saturated heterocycles. The Balaban J connectivity index is 1.63. The van der Waals surface area contributed by atoms with Crippen LogP contribution in [0.3, 0.4) is 0 Å². The van der Waals surface area contributed by atoms with Crippen molar-refractivity contribution in [3.05, 3.63) is 65.7 Å². The molecule has 2 N–H and O–H groups in total. The van der Waals surface area contributed by atoms with Crippen molar-refractivity contribution in [3.8, 4) is 5.75 Å². The monoisotopic (exact) mass is 469 g/mol. The van der Waals surface area contributed by atoms with Gasteiger partial charge in [-0.25, -0.2) is 0 Å². The van der Waals surface area contributed by atoms with Crippen molar-refractivity contribution in [2.75, 3.05) is 19.7 Å². The van der Waals surface area contributed by atoms with E-state index in [0.717, 1.165) is 12.0 Å². The van der Waals surface area contributed by atoms with Crippen molar-refractivity contribution in [2.24, 2.45) is 0 Å². The number of nitrogens with one attached hydrogen (secondary N) is 2. The molecule has 1 fully saturated rings. The highest BCUT2D eigenvalue weighted by Crippen LogP contribution is 2.19. The van der Waals surface area contributed by atoms with E-state index < -0.39 is 17.9 Å². The molecule has 2 aromatic rings.